The number of methoxy groups -OCH3 is 1. The van der Waals surface area contributed by atoms with E-state index < -0.39 is 0 Å². The largest absolute Gasteiger partial charge is 0.383 e. The third-order valence-electron chi connectivity index (χ3n) is 3.74. The average molecular weight is 251 g/mol. The van der Waals surface area contributed by atoms with Crippen molar-refractivity contribution in [2.24, 2.45) is 5.92 Å². The maximum atomic E-state index is 5.12. The average Bonchev–Trinajstić information content (AvgIpc) is 2.97. The minimum Gasteiger partial charge on any atom is -0.383 e. The van der Waals surface area contributed by atoms with Crippen LogP contribution in [0.4, 0.5) is 5.95 Å². The molecule has 1 N–H and O–H groups in total. The van der Waals surface area contributed by atoms with Crippen LogP contribution in [0.15, 0.2) is 6.20 Å². The molecule has 1 saturated carbocycles. The zero-order valence-corrected chi connectivity index (χ0v) is 11.6. The van der Waals surface area contributed by atoms with Crippen LogP contribution in [0.3, 0.4) is 0 Å². The summed E-state index contributed by atoms with van der Waals surface area (Å²) in [4.78, 5) is 4.52. The van der Waals surface area contributed by atoms with Crippen molar-refractivity contribution in [3.05, 3.63) is 11.9 Å². The van der Waals surface area contributed by atoms with Crippen LogP contribution in [0.2, 0.25) is 0 Å². The Kier molecular flexibility index (Phi) is 5.05. The van der Waals surface area contributed by atoms with Crippen molar-refractivity contribution in [3.63, 3.8) is 0 Å². The van der Waals surface area contributed by atoms with Gasteiger partial charge in [-0.3, -0.25) is 0 Å². The lowest BCUT2D eigenvalue weighted by molar-refractivity contribution is 0.187. The monoisotopic (exact) mass is 251 g/mol. The van der Waals surface area contributed by atoms with E-state index in [1.807, 2.05) is 6.92 Å². The summed E-state index contributed by atoms with van der Waals surface area (Å²) in [5.74, 6) is 1.92. The molecule has 0 bridgehead atoms. The van der Waals surface area contributed by atoms with E-state index in [4.69, 9.17) is 4.74 Å². The molecule has 102 valence electrons. The SMILES string of the molecule is COCCn1cc(C)nc1NCCC1CCCC1. The highest BCUT2D eigenvalue weighted by atomic mass is 16.5. The second-order valence-corrected chi connectivity index (χ2v) is 5.26. The minimum atomic E-state index is 0.729. The van der Waals surface area contributed by atoms with Crippen molar-refractivity contribution in [2.45, 2.75) is 45.6 Å². The van der Waals surface area contributed by atoms with Gasteiger partial charge in [0.15, 0.2) is 0 Å². The number of anilines is 1. The second kappa shape index (κ2) is 6.78. The first-order valence-corrected chi connectivity index (χ1v) is 7.06. The third-order valence-corrected chi connectivity index (χ3v) is 3.74. The zero-order valence-electron chi connectivity index (χ0n) is 11.6. The van der Waals surface area contributed by atoms with Gasteiger partial charge in [-0.1, -0.05) is 25.7 Å². The zero-order chi connectivity index (χ0) is 12.8. The molecule has 4 nitrogen and oxygen atoms in total. The highest BCUT2D eigenvalue weighted by Gasteiger charge is 2.14. The first kappa shape index (κ1) is 13.4. The number of rotatable bonds is 7. The Morgan fingerprint density at radius 2 is 2.22 bits per heavy atom. The summed E-state index contributed by atoms with van der Waals surface area (Å²) in [5, 5.41) is 3.47. The van der Waals surface area contributed by atoms with E-state index in [1.165, 1.54) is 32.1 Å². The summed E-state index contributed by atoms with van der Waals surface area (Å²) in [6.07, 6.45) is 9.03. The van der Waals surface area contributed by atoms with Crippen molar-refractivity contribution >= 4 is 5.95 Å². The maximum Gasteiger partial charge on any atom is 0.203 e. The summed E-state index contributed by atoms with van der Waals surface area (Å²) in [6.45, 7) is 4.66. The van der Waals surface area contributed by atoms with Gasteiger partial charge in [0, 0.05) is 26.4 Å². The summed E-state index contributed by atoms with van der Waals surface area (Å²) in [5.41, 5.74) is 1.06. The normalized spacial score (nSPS) is 16.3. The first-order chi connectivity index (χ1) is 8.79. The van der Waals surface area contributed by atoms with Crippen molar-refractivity contribution in [1.29, 1.82) is 0 Å². The standard InChI is InChI=1S/C14H25N3O/c1-12-11-17(9-10-18-2)14(16-12)15-8-7-13-5-3-4-6-13/h11,13H,3-10H2,1-2H3,(H,15,16). The van der Waals surface area contributed by atoms with E-state index in [0.717, 1.165) is 37.3 Å². The Balaban J connectivity index is 1.79. The molecule has 0 unspecified atom stereocenters. The molecule has 4 heteroatoms. The molecule has 0 radical (unpaired) electrons. The van der Waals surface area contributed by atoms with Gasteiger partial charge in [0.25, 0.3) is 0 Å². The Hall–Kier alpha value is -1.03. The molecule has 1 aromatic heterocycles. The van der Waals surface area contributed by atoms with Gasteiger partial charge in [-0.05, 0) is 19.3 Å². The number of ether oxygens (including phenoxy) is 1. The Bertz CT molecular complexity index is 356. The molecular formula is C14H25N3O. The number of aromatic nitrogens is 2. The summed E-state index contributed by atoms with van der Waals surface area (Å²) >= 11 is 0. The molecule has 2 rings (SSSR count). The molecular weight excluding hydrogens is 226 g/mol. The Labute approximate surface area is 110 Å². The molecule has 0 aliphatic heterocycles. The van der Waals surface area contributed by atoms with E-state index >= 15 is 0 Å². The van der Waals surface area contributed by atoms with Gasteiger partial charge in [-0.25, -0.2) is 4.98 Å². The number of nitrogens with one attached hydrogen (secondary N) is 1. The van der Waals surface area contributed by atoms with Crippen molar-refractivity contribution < 1.29 is 4.74 Å². The smallest absolute Gasteiger partial charge is 0.203 e. The van der Waals surface area contributed by atoms with Crippen LogP contribution in [0.5, 0.6) is 0 Å². The van der Waals surface area contributed by atoms with E-state index in [0.29, 0.717) is 0 Å². The number of aryl methyl sites for hydroxylation is 1. The molecule has 1 aliphatic carbocycles. The highest BCUT2D eigenvalue weighted by Crippen LogP contribution is 2.27. The molecule has 0 amide bonds. The first-order valence-electron chi connectivity index (χ1n) is 7.06. The van der Waals surface area contributed by atoms with Crippen LogP contribution in [0, 0.1) is 12.8 Å². The van der Waals surface area contributed by atoms with Gasteiger partial charge in [0.1, 0.15) is 0 Å². The topological polar surface area (TPSA) is 39.1 Å². The fourth-order valence-corrected chi connectivity index (χ4v) is 2.74. The maximum absolute atomic E-state index is 5.12. The summed E-state index contributed by atoms with van der Waals surface area (Å²) < 4.78 is 7.27. The lowest BCUT2D eigenvalue weighted by atomic mass is 10.0. The molecule has 0 spiro atoms. The molecule has 1 heterocycles. The fraction of sp³-hybridized carbons (Fsp3) is 0.786. The van der Waals surface area contributed by atoms with Gasteiger partial charge >= 0.3 is 0 Å². The van der Waals surface area contributed by atoms with Crippen LogP contribution in [-0.2, 0) is 11.3 Å². The van der Waals surface area contributed by atoms with Gasteiger partial charge in [0.05, 0.1) is 12.3 Å². The molecule has 1 aromatic rings. The molecule has 0 saturated heterocycles. The molecule has 0 atom stereocenters. The predicted molar refractivity (Wildman–Crippen MR) is 73.9 cm³/mol. The molecule has 1 aliphatic rings. The van der Waals surface area contributed by atoms with Crippen LogP contribution >= 0.6 is 0 Å². The van der Waals surface area contributed by atoms with Crippen LogP contribution in [0.1, 0.15) is 37.8 Å². The quantitative estimate of drug-likeness (QED) is 0.810. The van der Waals surface area contributed by atoms with Crippen LogP contribution < -0.4 is 5.32 Å². The van der Waals surface area contributed by atoms with E-state index in [2.05, 4.69) is 21.1 Å². The number of hydrogen-bond acceptors (Lipinski definition) is 3. The third kappa shape index (κ3) is 3.73. The molecule has 18 heavy (non-hydrogen) atoms. The Morgan fingerprint density at radius 1 is 1.44 bits per heavy atom. The van der Waals surface area contributed by atoms with E-state index in [-0.39, 0.29) is 0 Å². The van der Waals surface area contributed by atoms with Gasteiger partial charge in [0.2, 0.25) is 5.95 Å². The number of hydrogen-bond donors (Lipinski definition) is 1. The predicted octanol–water partition coefficient (Wildman–Crippen LogP) is 2.83. The second-order valence-electron chi connectivity index (χ2n) is 5.26. The van der Waals surface area contributed by atoms with Crippen molar-refractivity contribution in [2.75, 3.05) is 25.6 Å². The lowest BCUT2D eigenvalue weighted by Crippen LogP contribution is -2.12. The van der Waals surface area contributed by atoms with E-state index in [9.17, 15) is 0 Å². The van der Waals surface area contributed by atoms with Gasteiger partial charge < -0.3 is 14.6 Å². The summed E-state index contributed by atoms with van der Waals surface area (Å²) in [6, 6.07) is 0. The van der Waals surface area contributed by atoms with E-state index in [1.54, 1.807) is 7.11 Å². The van der Waals surface area contributed by atoms with Crippen LogP contribution in [-0.4, -0.2) is 29.8 Å². The minimum absolute atomic E-state index is 0.729. The lowest BCUT2D eigenvalue weighted by Gasteiger charge is -2.12. The summed E-state index contributed by atoms with van der Waals surface area (Å²) in [7, 11) is 1.73. The number of nitrogens with zero attached hydrogens (tertiary/aromatic N) is 2. The van der Waals surface area contributed by atoms with Crippen molar-refractivity contribution in [1.82, 2.24) is 9.55 Å². The molecule has 1 fully saturated rings. The van der Waals surface area contributed by atoms with Crippen LogP contribution in [0.25, 0.3) is 0 Å². The fourth-order valence-electron chi connectivity index (χ4n) is 2.74. The molecule has 0 aromatic carbocycles. The Morgan fingerprint density at radius 3 is 2.94 bits per heavy atom. The van der Waals surface area contributed by atoms with Gasteiger partial charge in [-0.15, -0.1) is 0 Å². The van der Waals surface area contributed by atoms with Gasteiger partial charge in [-0.2, -0.15) is 0 Å². The van der Waals surface area contributed by atoms with Crippen molar-refractivity contribution in [3.8, 4) is 0 Å². The number of imidazole rings is 1. The highest BCUT2D eigenvalue weighted by molar-refractivity contribution is 5.28.